The van der Waals surface area contributed by atoms with Crippen LogP contribution < -0.4 is 5.01 Å². The summed E-state index contributed by atoms with van der Waals surface area (Å²) in [5.41, 5.74) is 1.76. The number of carbonyl (C=O) groups excluding carboxylic acids is 1. The first-order chi connectivity index (χ1) is 7.61. The first kappa shape index (κ1) is 11.0. The predicted molar refractivity (Wildman–Crippen MR) is 61.8 cm³/mol. The standard InChI is InChI=1S/C12H16N2O2/c1-9(15)10-5-3-4-6-11(10)14-8-7-12(16)13(14)2/h3-6,9,15H,7-8H2,1-2H3. The summed E-state index contributed by atoms with van der Waals surface area (Å²) in [5, 5.41) is 13.2. The largest absolute Gasteiger partial charge is 0.389 e. The van der Waals surface area contributed by atoms with E-state index in [-0.39, 0.29) is 5.91 Å². The highest BCUT2D eigenvalue weighted by Gasteiger charge is 2.27. The van der Waals surface area contributed by atoms with Gasteiger partial charge in [-0.3, -0.25) is 14.8 Å². The number of nitrogens with zero attached hydrogens (tertiary/aromatic N) is 2. The third kappa shape index (κ3) is 1.76. The fourth-order valence-corrected chi connectivity index (χ4v) is 2.01. The van der Waals surface area contributed by atoms with Gasteiger partial charge in [0.05, 0.1) is 11.8 Å². The topological polar surface area (TPSA) is 43.8 Å². The number of aliphatic hydroxyl groups excluding tert-OH is 1. The van der Waals surface area contributed by atoms with Crippen molar-refractivity contribution in [3.8, 4) is 0 Å². The fourth-order valence-electron chi connectivity index (χ4n) is 2.01. The van der Waals surface area contributed by atoms with Crippen LogP contribution in [0.1, 0.15) is 25.0 Å². The maximum absolute atomic E-state index is 11.5. The number of hydrogen-bond donors (Lipinski definition) is 1. The van der Waals surface area contributed by atoms with Crippen LogP contribution >= 0.6 is 0 Å². The Morgan fingerprint density at radius 3 is 2.62 bits per heavy atom. The summed E-state index contributed by atoms with van der Waals surface area (Å²) in [6.45, 7) is 2.41. The van der Waals surface area contributed by atoms with Gasteiger partial charge in [-0.2, -0.15) is 0 Å². The van der Waals surface area contributed by atoms with Gasteiger partial charge in [0, 0.05) is 25.6 Å². The van der Waals surface area contributed by atoms with Gasteiger partial charge >= 0.3 is 0 Å². The molecule has 86 valence electrons. The molecule has 4 nitrogen and oxygen atoms in total. The van der Waals surface area contributed by atoms with Crippen molar-refractivity contribution >= 4 is 11.6 Å². The van der Waals surface area contributed by atoms with Gasteiger partial charge in [0.25, 0.3) is 0 Å². The van der Waals surface area contributed by atoms with Crippen molar-refractivity contribution in [3.05, 3.63) is 29.8 Å². The van der Waals surface area contributed by atoms with Gasteiger partial charge in [-0.15, -0.1) is 0 Å². The van der Waals surface area contributed by atoms with Crippen molar-refractivity contribution in [1.29, 1.82) is 0 Å². The minimum atomic E-state index is -0.527. The molecule has 2 rings (SSSR count). The van der Waals surface area contributed by atoms with E-state index in [4.69, 9.17) is 0 Å². The molecule has 0 radical (unpaired) electrons. The van der Waals surface area contributed by atoms with Crippen LogP contribution in [0, 0.1) is 0 Å². The minimum absolute atomic E-state index is 0.111. The van der Waals surface area contributed by atoms with E-state index in [0.717, 1.165) is 11.3 Å². The fraction of sp³-hybridized carbons (Fsp3) is 0.417. The number of benzene rings is 1. The van der Waals surface area contributed by atoms with Crippen molar-refractivity contribution in [2.75, 3.05) is 18.6 Å². The Morgan fingerprint density at radius 1 is 1.38 bits per heavy atom. The van der Waals surface area contributed by atoms with Crippen LogP contribution in [0.3, 0.4) is 0 Å². The number of hydrazine groups is 1. The van der Waals surface area contributed by atoms with Crippen LogP contribution in [-0.4, -0.2) is 29.6 Å². The molecule has 0 aromatic heterocycles. The highest BCUT2D eigenvalue weighted by Crippen LogP contribution is 2.29. The molecular weight excluding hydrogens is 204 g/mol. The van der Waals surface area contributed by atoms with Gasteiger partial charge in [-0.1, -0.05) is 18.2 Å². The third-order valence-corrected chi connectivity index (χ3v) is 2.93. The van der Waals surface area contributed by atoms with Crippen molar-refractivity contribution in [3.63, 3.8) is 0 Å². The van der Waals surface area contributed by atoms with Gasteiger partial charge in [-0.25, -0.2) is 0 Å². The summed E-state index contributed by atoms with van der Waals surface area (Å²) in [4.78, 5) is 11.5. The Bertz CT molecular complexity index is 404. The zero-order valence-corrected chi connectivity index (χ0v) is 9.55. The summed E-state index contributed by atoms with van der Waals surface area (Å²) < 4.78 is 0. The van der Waals surface area contributed by atoms with Crippen LogP contribution in [0.5, 0.6) is 0 Å². The van der Waals surface area contributed by atoms with Gasteiger partial charge in [-0.05, 0) is 13.0 Å². The number of aliphatic hydroxyl groups is 1. The lowest BCUT2D eigenvalue weighted by Gasteiger charge is -2.28. The quantitative estimate of drug-likeness (QED) is 0.817. The first-order valence-electron chi connectivity index (χ1n) is 5.42. The van der Waals surface area contributed by atoms with Crippen molar-refractivity contribution in [1.82, 2.24) is 5.01 Å². The lowest BCUT2D eigenvalue weighted by Crippen LogP contribution is -2.36. The van der Waals surface area contributed by atoms with Crippen molar-refractivity contribution < 1.29 is 9.90 Å². The minimum Gasteiger partial charge on any atom is -0.389 e. The summed E-state index contributed by atoms with van der Waals surface area (Å²) >= 11 is 0. The highest BCUT2D eigenvalue weighted by molar-refractivity contribution is 5.82. The molecule has 4 heteroatoms. The summed E-state index contributed by atoms with van der Waals surface area (Å²) in [5.74, 6) is 0.111. The van der Waals surface area contributed by atoms with E-state index in [0.29, 0.717) is 13.0 Å². The molecule has 1 atom stereocenters. The Kier molecular flexibility index (Phi) is 2.83. The molecule has 1 heterocycles. The first-order valence-corrected chi connectivity index (χ1v) is 5.42. The molecule has 0 bridgehead atoms. The third-order valence-electron chi connectivity index (χ3n) is 2.93. The van der Waals surface area contributed by atoms with E-state index in [1.54, 1.807) is 19.0 Å². The normalized spacial score (nSPS) is 18.1. The Balaban J connectivity index is 2.37. The SMILES string of the molecule is CC(O)c1ccccc1N1CCC(=O)N1C. The number of hydrogen-bond acceptors (Lipinski definition) is 3. The number of rotatable bonds is 2. The van der Waals surface area contributed by atoms with Gasteiger partial charge in [0.1, 0.15) is 0 Å². The maximum atomic E-state index is 11.5. The molecular formula is C12H16N2O2. The van der Waals surface area contributed by atoms with Crippen molar-refractivity contribution in [2.24, 2.45) is 0 Å². The average molecular weight is 220 g/mol. The van der Waals surface area contributed by atoms with E-state index in [9.17, 15) is 9.90 Å². The molecule has 1 aromatic rings. The molecule has 16 heavy (non-hydrogen) atoms. The monoisotopic (exact) mass is 220 g/mol. The van der Waals surface area contributed by atoms with E-state index in [1.807, 2.05) is 29.3 Å². The zero-order valence-electron chi connectivity index (χ0n) is 9.55. The smallest absolute Gasteiger partial charge is 0.242 e. The Morgan fingerprint density at radius 2 is 2.06 bits per heavy atom. The highest BCUT2D eigenvalue weighted by atomic mass is 16.3. The number of anilines is 1. The Hall–Kier alpha value is -1.55. The lowest BCUT2D eigenvalue weighted by molar-refractivity contribution is -0.126. The second-order valence-corrected chi connectivity index (χ2v) is 4.03. The maximum Gasteiger partial charge on any atom is 0.242 e. The molecule has 0 aliphatic carbocycles. The molecule has 1 saturated heterocycles. The van der Waals surface area contributed by atoms with Crippen LogP contribution in [0.25, 0.3) is 0 Å². The molecule has 1 aliphatic rings. The molecule has 1 aliphatic heterocycles. The molecule has 0 spiro atoms. The summed E-state index contributed by atoms with van der Waals surface area (Å²) in [6.07, 6.45) is 0.00489. The molecule has 0 saturated carbocycles. The van der Waals surface area contributed by atoms with Gasteiger partial charge in [0.15, 0.2) is 0 Å². The number of carbonyl (C=O) groups is 1. The Labute approximate surface area is 95.1 Å². The second-order valence-electron chi connectivity index (χ2n) is 4.03. The van der Waals surface area contributed by atoms with Crippen LogP contribution in [0.15, 0.2) is 24.3 Å². The van der Waals surface area contributed by atoms with Crippen LogP contribution in [0.4, 0.5) is 5.69 Å². The number of para-hydroxylation sites is 1. The van der Waals surface area contributed by atoms with Crippen molar-refractivity contribution in [2.45, 2.75) is 19.4 Å². The second kappa shape index (κ2) is 4.14. The van der Waals surface area contributed by atoms with Crippen LogP contribution in [-0.2, 0) is 4.79 Å². The van der Waals surface area contributed by atoms with Crippen LogP contribution in [0.2, 0.25) is 0 Å². The van der Waals surface area contributed by atoms with E-state index < -0.39 is 6.10 Å². The molecule has 1 amide bonds. The lowest BCUT2D eigenvalue weighted by atomic mass is 10.1. The predicted octanol–water partition coefficient (Wildman–Crippen LogP) is 1.32. The van der Waals surface area contributed by atoms with E-state index in [2.05, 4.69) is 0 Å². The molecule has 1 fully saturated rings. The van der Waals surface area contributed by atoms with E-state index in [1.165, 1.54) is 0 Å². The van der Waals surface area contributed by atoms with Gasteiger partial charge < -0.3 is 5.11 Å². The molecule has 1 N–H and O–H groups in total. The summed E-state index contributed by atoms with van der Waals surface area (Å²) in [7, 11) is 1.76. The average Bonchev–Trinajstić information content (AvgIpc) is 2.60. The molecule has 1 aromatic carbocycles. The zero-order chi connectivity index (χ0) is 11.7. The van der Waals surface area contributed by atoms with E-state index >= 15 is 0 Å². The number of amides is 1. The molecule has 1 unspecified atom stereocenters. The van der Waals surface area contributed by atoms with Gasteiger partial charge in [0.2, 0.25) is 5.91 Å². The summed E-state index contributed by atoms with van der Waals surface area (Å²) in [6, 6.07) is 7.62.